The summed E-state index contributed by atoms with van der Waals surface area (Å²) in [6.45, 7) is 2.86. The summed E-state index contributed by atoms with van der Waals surface area (Å²) in [4.78, 5) is 4.50. The average Bonchev–Trinajstić information content (AvgIpc) is 3.15. The standard InChI is InChI=1S/C16H15N3O2/c1-10-7-9-20-14(10)15-18-16(21-19-15)13-12-5-3-2-4-11(12)6-8-17-13/h2-5,7,9,13,17H,6,8H2,1H3. The Hall–Kier alpha value is -2.40. The maximum atomic E-state index is 5.46. The Bertz CT molecular complexity index is 775. The molecule has 3 heterocycles. The minimum atomic E-state index is -0.0496. The van der Waals surface area contributed by atoms with Crippen LogP contribution < -0.4 is 5.32 Å². The molecule has 0 radical (unpaired) electrons. The third-order valence-electron chi connectivity index (χ3n) is 3.86. The van der Waals surface area contributed by atoms with Gasteiger partial charge >= 0.3 is 0 Å². The van der Waals surface area contributed by atoms with Crippen LogP contribution in [0.3, 0.4) is 0 Å². The van der Waals surface area contributed by atoms with Gasteiger partial charge in [-0.25, -0.2) is 0 Å². The Morgan fingerprint density at radius 3 is 3.00 bits per heavy atom. The summed E-state index contributed by atoms with van der Waals surface area (Å²) >= 11 is 0. The van der Waals surface area contributed by atoms with Gasteiger partial charge < -0.3 is 14.3 Å². The van der Waals surface area contributed by atoms with Crippen molar-refractivity contribution in [3.05, 3.63) is 59.2 Å². The number of fused-ring (bicyclic) bond motifs is 1. The lowest BCUT2D eigenvalue weighted by Crippen LogP contribution is -2.30. The van der Waals surface area contributed by atoms with E-state index in [9.17, 15) is 0 Å². The normalized spacial score (nSPS) is 17.7. The molecular weight excluding hydrogens is 266 g/mol. The summed E-state index contributed by atoms with van der Waals surface area (Å²) < 4.78 is 10.9. The van der Waals surface area contributed by atoms with E-state index in [1.807, 2.05) is 19.1 Å². The zero-order chi connectivity index (χ0) is 14.2. The Labute approximate surface area is 122 Å². The predicted molar refractivity (Wildman–Crippen MR) is 76.7 cm³/mol. The van der Waals surface area contributed by atoms with Gasteiger partial charge in [-0.05, 0) is 36.1 Å². The van der Waals surface area contributed by atoms with Gasteiger partial charge in [0.15, 0.2) is 5.76 Å². The highest BCUT2D eigenvalue weighted by atomic mass is 16.5. The maximum Gasteiger partial charge on any atom is 0.248 e. The van der Waals surface area contributed by atoms with Crippen LogP contribution in [-0.2, 0) is 6.42 Å². The number of nitrogens with one attached hydrogen (secondary N) is 1. The van der Waals surface area contributed by atoms with Crippen molar-refractivity contribution in [1.82, 2.24) is 15.5 Å². The first-order valence-electron chi connectivity index (χ1n) is 7.02. The van der Waals surface area contributed by atoms with Gasteiger partial charge in [0.2, 0.25) is 11.7 Å². The second-order valence-electron chi connectivity index (χ2n) is 5.22. The number of rotatable bonds is 2. The van der Waals surface area contributed by atoms with Crippen molar-refractivity contribution < 1.29 is 8.94 Å². The second kappa shape index (κ2) is 4.86. The Morgan fingerprint density at radius 2 is 2.14 bits per heavy atom. The van der Waals surface area contributed by atoms with Crippen molar-refractivity contribution in [3.63, 3.8) is 0 Å². The fourth-order valence-electron chi connectivity index (χ4n) is 2.77. The van der Waals surface area contributed by atoms with Crippen LogP contribution in [0.25, 0.3) is 11.6 Å². The van der Waals surface area contributed by atoms with Gasteiger partial charge in [-0.3, -0.25) is 0 Å². The summed E-state index contributed by atoms with van der Waals surface area (Å²) in [5.74, 6) is 1.74. The van der Waals surface area contributed by atoms with Gasteiger partial charge in [-0.2, -0.15) is 4.98 Å². The number of hydrogen-bond acceptors (Lipinski definition) is 5. The van der Waals surface area contributed by atoms with Gasteiger partial charge in [-0.1, -0.05) is 29.4 Å². The van der Waals surface area contributed by atoms with Crippen LogP contribution in [0.5, 0.6) is 0 Å². The molecule has 5 nitrogen and oxygen atoms in total. The quantitative estimate of drug-likeness (QED) is 0.782. The molecule has 5 heteroatoms. The monoisotopic (exact) mass is 281 g/mol. The number of hydrogen-bond donors (Lipinski definition) is 1. The van der Waals surface area contributed by atoms with Crippen LogP contribution in [-0.4, -0.2) is 16.7 Å². The highest BCUT2D eigenvalue weighted by Crippen LogP contribution is 2.29. The molecule has 1 aromatic carbocycles. The van der Waals surface area contributed by atoms with Crippen LogP contribution in [0.2, 0.25) is 0 Å². The van der Waals surface area contributed by atoms with E-state index in [0.717, 1.165) is 18.5 Å². The van der Waals surface area contributed by atoms with E-state index in [-0.39, 0.29) is 6.04 Å². The molecule has 1 aliphatic heterocycles. The minimum Gasteiger partial charge on any atom is -0.461 e. The number of aromatic nitrogens is 2. The van der Waals surface area contributed by atoms with Crippen LogP contribution >= 0.6 is 0 Å². The first-order valence-corrected chi connectivity index (χ1v) is 7.02. The van der Waals surface area contributed by atoms with E-state index in [4.69, 9.17) is 8.94 Å². The molecule has 0 fully saturated rings. The lowest BCUT2D eigenvalue weighted by molar-refractivity contribution is 0.343. The topological polar surface area (TPSA) is 64.1 Å². The van der Waals surface area contributed by atoms with Crippen molar-refractivity contribution in [3.8, 4) is 11.6 Å². The molecule has 0 saturated carbocycles. The third kappa shape index (κ3) is 2.06. The van der Waals surface area contributed by atoms with E-state index < -0.39 is 0 Å². The van der Waals surface area contributed by atoms with Gasteiger partial charge in [-0.15, -0.1) is 0 Å². The highest BCUT2D eigenvalue weighted by Gasteiger charge is 2.26. The molecule has 0 saturated heterocycles. The van der Waals surface area contributed by atoms with Crippen molar-refractivity contribution in [2.24, 2.45) is 0 Å². The molecule has 0 amide bonds. The molecule has 0 aliphatic carbocycles. The molecule has 0 bridgehead atoms. The summed E-state index contributed by atoms with van der Waals surface area (Å²) in [5.41, 5.74) is 3.53. The van der Waals surface area contributed by atoms with E-state index in [2.05, 4.69) is 33.7 Å². The van der Waals surface area contributed by atoms with Crippen LogP contribution in [0.1, 0.15) is 28.6 Å². The molecule has 1 N–H and O–H groups in total. The predicted octanol–water partition coefficient (Wildman–Crippen LogP) is 2.87. The van der Waals surface area contributed by atoms with Crippen molar-refractivity contribution in [2.45, 2.75) is 19.4 Å². The molecule has 1 atom stereocenters. The van der Waals surface area contributed by atoms with Crippen molar-refractivity contribution >= 4 is 0 Å². The van der Waals surface area contributed by atoms with Crippen molar-refractivity contribution in [1.29, 1.82) is 0 Å². The smallest absolute Gasteiger partial charge is 0.248 e. The molecule has 21 heavy (non-hydrogen) atoms. The number of aryl methyl sites for hydroxylation is 1. The maximum absolute atomic E-state index is 5.46. The largest absolute Gasteiger partial charge is 0.461 e. The summed E-state index contributed by atoms with van der Waals surface area (Å²) in [5, 5.41) is 7.49. The van der Waals surface area contributed by atoms with Crippen LogP contribution in [0, 0.1) is 6.92 Å². The number of nitrogens with zero attached hydrogens (tertiary/aromatic N) is 2. The highest BCUT2D eigenvalue weighted by molar-refractivity contribution is 5.51. The number of furan rings is 1. The lowest BCUT2D eigenvalue weighted by Gasteiger charge is -2.23. The molecule has 4 rings (SSSR count). The second-order valence-corrected chi connectivity index (χ2v) is 5.22. The Morgan fingerprint density at radius 1 is 1.24 bits per heavy atom. The van der Waals surface area contributed by atoms with Crippen LogP contribution in [0.15, 0.2) is 45.5 Å². The molecule has 0 spiro atoms. The molecule has 2 aromatic heterocycles. The van der Waals surface area contributed by atoms with Gasteiger partial charge in [0.05, 0.1) is 6.26 Å². The molecule has 3 aromatic rings. The third-order valence-corrected chi connectivity index (χ3v) is 3.86. The van der Waals surface area contributed by atoms with E-state index in [1.54, 1.807) is 6.26 Å². The average molecular weight is 281 g/mol. The molecular formula is C16H15N3O2. The first-order chi connectivity index (χ1) is 10.3. The van der Waals surface area contributed by atoms with Crippen LogP contribution in [0.4, 0.5) is 0 Å². The Kier molecular flexibility index (Phi) is 2.86. The van der Waals surface area contributed by atoms with Gasteiger partial charge in [0.25, 0.3) is 0 Å². The zero-order valence-electron chi connectivity index (χ0n) is 11.7. The van der Waals surface area contributed by atoms with E-state index in [1.165, 1.54) is 11.1 Å². The summed E-state index contributed by atoms with van der Waals surface area (Å²) in [6, 6.07) is 10.2. The SMILES string of the molecule is Cc1ccoc1-c1noc(C2NCCc3ccccc32)n1. The fraction of sp³-hybridized carbons (Fsp3) is 0.250. The molecule has 106 valence electrons. The Balaban J connectivity index is 1.73. The summed E-state index contributed by atoms with van der Waals surface area (Å²) in [6.07, 6.45) is 2.65. The summed E-state index contributed by atoms with van der Waals surface area (Å²) in [7, 11) is 0. The first kappa shape index (κ1) is 12.3. The lowest BCUT2D eigenvalue weighted by atomic mass is 9.94. The van der Waals surface area contributed by atoms with E-state index >= 15 is 0 Å². The van der Waals surface area contributed by atoms with Crippen molar-refractivity contribution in [2.75, 3.05) is 6.54 Å². The van der Waals surface area contributed by atoms with E-state index in [0.29, 0.717) is 17.5 Å². The minimum absolute atomic E-state index is 0.0496. The van der Waals surface area contributed by atoms with Gasteiger partial charge in [0.1, 0.15) is 6.04 Å². The zero-order valence-corrected chi connectivity index (χ0v) is 11.7. The molecule has 1 unspecified atom stereocenters. The van der Waals surface area contributed by atoms with Gasteiger partial charge in [0, 0.05) is 6.54 Å². The molecule has 1 aliphatic rings. The number of benzene rings is 1. The fourth-order valence-corrected chi connectivity index (χ4v) is 2.77.